The van der Waals surface area contributed by atoms with Crippen molar-refractivity contribution in [3.8, 4) is 5.88 Å². The molecule has 1 aromatic carbocycles. The number of hydrogen-bond donors (Lipinski definition) is 4. The van der Waals surface area contributed by atoms with E-state index in [1.54, 1.807) is 0 Å². The highest BCUT2D eigenvalue weighted by Crippen LogP contribution is 2.47. The fourth-order valence-corrected chi connectivity index (χ4v) is 6.63. The number of benzene rings is 1. The molecule has 43 heavy (non-hydrogen) atoms. The van der Waals surface area contributed by atoms with Crippen LogP contribution in [0.25, 0.3) is 11.2 Å². The summed E-state index contributed by atoms with van der Waals surface area (Å²) < 4.78 is 37.9. The lowest BCUT2D eigenvalue weighted by molar-refractivity contribution is -0.118. The molecule has 1 unspecified atom stereocenters. The summed E-state index contributed by atoms with van der Waals surface area (Å²) >= 11 is 1.11. The number of nitrogens with two attached hydrogens (primary N) is 1. The van der Waals surface area contributed by atoms with Crippen LogP contribution in [0.5, 0.6) is 5.88 Å². The summed E-state index contributed by atoms with van der Waals surface area (Å²) in [5, 5.41) is 25.2. The zero-order valence-corrected chi connectivity index (χ0v) is 26.5. The summed E-state index contributed by atoms with van der Waals surface area (Å²) in [5.41, 5.74) is 4.85. The van der Waals surface area contributed by atoms with Gasteiger partial charge in [0.05, 0.1) is 26.7 Å². The number of carbonyl (C=O) groups excluding carboxylic acids is 1. The maximum Gasteiger partial charge on any atom is 0.405 e. The number of imidazole rings is 1. The number of anilines is 1. The molecular formula is C27H39N6O8PS. The number of nitrogens with one attached hydrogen (secondary N) is 1. The lowest BCUT2D eigenvalue weighted by Gasteiger charge is -2.27. The minimum atomic E-state index is -3.97. The maximum absolute atomic E-state index is 13.8. The van der Waals surface area contributed by atoms with Crippen molar-refractivity contribution in [3.63, 3.8) is 0 Å². The third-order valence-corrected chi connectivity index (χ3v) is 10.1. The lowest BCUT2D eigenvalue weighted by atomic mass is 9.92. The molecule has 0 bridgehead atoms. The van der Waals surface area contributed by atoms with E-state index in [1.807, 2.05) is 51.1 Å². The van der Waals surface area contributed by atoms with Crippen LogP contribution in [0.15, 0.2) is 36.7 Å². The zero-order chi connectivity index (χ0) is 31.4. The van der Waals surface area contributed by atoms with E-state index in [9.17, 15) is 19.6 Å². The van der Waals surface area contributed by atoms with Gasteiger partial charge >= 0.3 is 7.75 Å². The second kappa shape index (κ2) is 13.6. The number of nitrogen functional groups attached to an aromatic ring is 1. The average Bonchev–Trinajstić information content (AvgIpc) is 3.50. The molecule has 5 atom stereocenters. The van der Waals surface area contributed by atoms with Crippen molar-refractivity contribution >= 4 is 41.7 Å². The third kappa shape index (κ3) is 7.55. The molecule has 0 spiro atoms. The van der Waals surface area contributed by atoms with E-state index in [2.05, 4.69) is 20.0 Å². The molecule has 1 aliphatic rings. The summed E-state index contributed by atoms with van der Waals surface area (Å²) in [5.74, 6) is 0.328. The van der Waals surface area contributed by atoms with E-state index in [1.165, 1.54) is 24.9 Å². The highest BCUT2D eigenvalue weighted by molar-refractivity contribution is 8.13. The number of carbonyl (C=O) groups is 1. The van der Waals surface area contributed by atoms with Gasteiger partial charge in [-0.1, -0.05) is 62.9 Å². The first-order chi connectivity index (χ1) is 20.3. The van der Waals surface area contributed by atoms with E-state index in [0.29, 0.717) is 6.42 Å². The Hall–Kier alpha value is -2.62. The van der Waals surface area contributed by atoms with Crippen LogP contribution in [0.3, 0.4) is 0 Å². The molecule has 3 aromatic rings. The minimum Gasteiger partial charge on any atom is -0.479 e. The van der Waals surface area contributed by atoms with Crippen LogP contribution in [0, 0.1) is 5.41 Å². The van der Waals surface area contributed by atoms with Crippen molar-refractivity contribution in [1.82, 2.24) is 24.6 Å². The van der Waals surface area contributed by atoms with Crippen LogP contribution in [0.4, 0.5) is 5.95 Å². The van der Waals surface area contributed by atoms with Gasteiger partial charge in [0.1, 0.15) is 17.8 Å². The average molecular weight is 639 g/mol. The van der Waals surface area contributed by atoms with Crippen LogP contribution in [-0.2, 0) is 29.7 Å². The summed E-state index contributed by atoms with van der Waals surface area (Å²) in [6.07, 6.45) is -1.68. The molecule has 0 amide bonds. The summed E-state index contributed by atoms with van der Waals surface area (Å²) in [6, 6.07) is 9.26. The van der Waals surface area contributed by atoms with Crippen LogP contribution in [0.2, 0.25) is 0 Å². The maximum atomic E-state index is 13.8. The Balaban J connectivity index is 1.47. The Labute approximate surface area is 254 Å². The molecule has 1 aliphatic heterocycles. The summed E-state index contributed by atoms with van der Waals surface area (Å²) in [6.45, 7) is 6.83. The fraction of sp³-hybridized carbons (Fsp3) is 0.556. The highest BCUT2D eigenvalue weighted by Gasteiger charge is 2.54. The molecule has 0 radical (unpaired) electrons. The van der Waals surface area contributed by atoms with Crippen molar-refractivity contribution in [2.24, 2.45) is 5.41 Å². The number of aromatic nitrogens is 4. The Kier molecular flexibility index (Phi) is 10.5. The number of methoxy groups -OCH3 is 1. The monoisotopic (exact) mass is 638 g/mol. The quantitative estimate of drug-likeness (QED) is 0.149. The highest BCUT2D eigenvalue weighted by atomic mass is 32.2. The molecular weight excluding hydrogens is 599 g/mol. The van der Waals surface area contributed by atoms with E-state index in [4.69, 9.17) is 24.3 Å². The number of rotatable bonds is 14. The number of fused-ring (bicyclic) bond motifs is 1. The van der Waals surface area contributed by atoms with E-state index in [-0.39, 0.29) is 47.0 Å². The summed E-state index contributed by atoms with van der Waals surface area (Å²) in [4.78, 5) is 24.9. The smallest absolute Gasteiger partial charge is 0.405 e. The second-order valence-corrected chi connectivity index (χ2v) is 13.8. The number of thioether (sulfide) groups is 1. The molecule has 236 valence electrons. The van der Waals surface area contributed by atoms with Crippen LogP contribution in [-0.4, -0.2) is 78.7 Å². The molecule has 14 nitrogen and oxygen atoms in total. The number of nitrogens with zero attached hydrogens (tertiary/aromatic N) is 4. The molecule has 5 N–H and O–H groups in total. The molecule has 0 aliphatic carbocycles. The first-order valence-corrected chi connectivity index (χ1v) is 16.3. The normalized spacial score (nSPS) is 23.8. The first-order valence-electron chi connectivity index (χ1n) is 13.8. The SMILES string of the molecule is CCC(C)(C)C(=O)SCCOP(=O)(NCc1ccccc1)OC[C@H]1O[C@@H](n2cnc3c(OC)nc(N)nc32)[C@](C)(O)[C@@H]1O. The zero-order valence-electron chi connectivity index (χ0n) is 24.8. The third-order valence-electron chi connectivity index (χ3n) is 7.35. The largest absolute Gasteiger partial charge is 0.479 e. The summed E-state index contributed by atoms with van der Waals surface area (Å²) in [7, 11) is -2.56. The van der Waals surface area contributed by atoms with Crippen LogP contribution < -0.4 is 15.6 Å². The van der Waals surface area contributed by atoms with Crippen molar-refractivity contribution in [2.75, 3.05) is 31.8 Å². The van der Waals surface area contributed by atoms with Crippen molar-refractivity contribution in [2.45, 2.75) is 64.7 Å². The predicted molar refractivity (Wildman–Crippen MR) is 161 cm³/mol. The van der Waals surface area contributed by atoms with Crippen molar-refractivity contribution < 1.29 is 38.1 Å². The molecule has 16 heteroatoms. The van der Waals surface area contributed by atoms with Crippen LogP contribution in [0.1, 0.15) is 45.9 Å². The van der Waals surface area contributed by atoms with Gasteiger partial charge in [-0.15, -0.1) is 0 Å². The van der Waals surface area contributed by atoms with Crippen LogP contribution >= 0.6 is 19.5 Å². The molecule has 2 aromatic heterocycles. The Morgan fingerprint density at radius 3 is 2.67 bits per heavy atom. The predicted octanol–water partition coefficient (Wildman–Crippen LogP) is 3.05. The number of hydrogen-bond acceptors (Lipinski definition) is 13. The Bertz CT molecular complexity index is 1460. The van der Waals surface area contributed by atoms with Gasteiger partial charge in [0.25, 0.3) is 0 Å². The van der Waals surface area contributed by atoms with E-state index >= 15 is 0 Å². The van der Waals surface area contributed by atoms with Crippen molar-refractivity contribution in [3.05, 3.63) is 42.2 Å². The topological polar surface area (TPSA) is 193 Å². The second-order valence-electron chi connectivity index (χ2n) is 10.9. The fourth-order valence-electron chi connectivity index (χ4n) is 4.31. The molecule has 4 rings (SSSR count). The van der Waals surface area contributed by atoms with Gasteiger partial charge in [-0.3, -0.25) is 18.4 Å². The van der Waals surface area contributed by atoms with E-state index in [0.717, 1.165) is 17.3 Å². The van der Waals surface area contributed by atoms with Gasteiger partial charge in [-0.05, 0) is 18.9 Å². The van der Waals surface area contributed by atoms with E-state index < -0.39 is 43.8 Å². The van der Waals surface area contributed by atoms with Gasteiger partial charge in [0, 0.05) is 17.7 Å². The number of ether oxygens (including phenoxy) is 2. The Morgan fingerprint density at radius 2 is 2.00 bits per heavy atom. The molecule has 1 fully saturated rings. The standard InChI is InChI=1S/C27H39N6O8PS/c1-6-26(2,3)24(35)43-13-12-39-42(37,30-14-17-10-8-7-9-11-17)40-15-18-20(34)27(4,36)23(41-18)33-16-29-19-21(33)31-25(28)32-22(19)38-5/h7-11,16,18,20,23,34,36H,6,12-15H2,1-5H3,(H,30,37)(H2,28,31,32)/t18-,20-,23-,27-,42?/m1/s1. The van der Waals surface area contributed by atoms with Gasteiger partial charge in [-0.25, -0.2) is 14.6 Å². The molecule has 3 heterocycles. The number of aliphatic hydroxyl groups is 2. The Morgan fingerprint density at radius 1 is 1.28 bits per heavy atom. The molecule has 1 saturated heterocycles. The number of aliphatic hydroxyl groups excluding tert-OH is 1. The van der Waals surface area contributed by atoms with Crippen molar-refractivity contribution in [1.29, 1.82) is 0 Å². The minimum absolute atomic E-state index is 0.0130. The van der Waals surface area contributed by atoms with Gasteiger partial charge in [0.15, 0.2) is 22.5 Å². The first kappa shape index (κ1) is 33.3. The molecule has 0 saturated carbocycles. The van der Waals surface area contributed by atoms with Gasteiger partial charge in [-0.2, -0.15) is 9.97 Å². The van der Waals surface area contributed by atoms with Gasteiger partial charge in [0.2, 0.25) is 11.8 Å². The van der Waals surface area contributed by atoms with Gasteiger partial charge < -0.3 is 25.4 Å². The lowest BCUT2D eigenvalue weighted by Crippen LogP contribution is -2.44.